The zero-order valence-electron chi connectivity index (χ0n) is 12.1. The summed E-state index contributed by atoms with van der Waals surface area (Å²) >= 11 is 3.40. The molecule has 21 heavy (non-hydrogen) atoms. The van der Waals surface area contributed by atoms with E-state index in [9.17, 15) is 9.59 Å². The number of aliphatic imine (C=N–C) groups is 1. The number of Topliss-reactive ketones (excluding diaryl/α,β-unsaturated/α-hetero) is 1. The number of likely N-dealkylation sites (N-methyl/N-ethyl adjacent to an activating group) is 1. The minimum absolute atomic E-state index is 0.0340. The smallest absolute Gasteiger partial charge is 0.261 e. The summed E-state index contributed by atoms with van der Waals surface area (Å²) in [6.07, 6.45) is 0.326. The normalized spacial score (nSPS) is 27.0. The van der Waals surface area contributed by atoms with Crippen LogP contribution in [0.4, 0.5) is 0 Å². The number of ketones is 1. The molecule has 1 aromatic carbocycles. The van der Waals surface area contributed by atoms with Crippen LogP contribution in [0, 0.1) is 5.41 Å². The predicted octanol–water partition coefficient (Wildman–Crippen LogP) is 2.04. The SMILES string of the molecule is CN1C(=O)C2(CC(C)(C)C(=O)c3ccc(Br)cc32)N=C1N. The second-order valence-corrected chi connectivity index (χ2v) is 7.19. The van der Waals surface area contributed by atoms with E-state index in [0.29, 0.717) is 17.5 Å². The van der Waals surface area contributed by atoms with Crippen LogP contribution in [0.3, 0.4) is 0 Å². The molecule has 1 aliphatic carbocycles. The van der Waals surface area contributed by atoms with Gasteiger partial charge in [0.15, 0.2) is 17.3 Å². The van der Waals surface area contributed by atoms with Crippen LogP contribution < -0.4 is 5.73 Å². The third-order valence-corrected chi connectivity index (χ3v) is 4.79. The van der Waals surface area contributed by atoms with E-state index in [1.165, 1.54) is 4.90 Å². The molecule has 1 aliphatic heterocycles. The molecule has 0 radical (unpaired) electrons. The highest BCUT2D eigenvalue weighted by Crippen LogP contribution is 2.49. The Bertz CT molecular complexity index is 711. The largest absolute Gasteiger partial charge is 0.369 e. The van der Waals surface area contributed by atoms with Crippen molar-refractivity contribution in [3.8, 4) is 0 Å². The third kappa shape index (κ3) is 1.78. The number of carbonyl (C=O) groups is 2. The Balaban J connectivity index is 2.34. The third-order valence-electron chi connectivity index (χ3n) is 4.29. The van der Waals surface area contributed by atoms with Gasteiger partial charge in [-0.15, -0.1) is 0 Å². The molecule has 0 aromatic heterocycles. The second kappa shape index (κ2) is 4.16. The van der Waals surface area contributed by atoms with Gasteiger partial charge in [-0.3, -0.25) is 14.5 Å². The number of rotatable bonds is 0. The molecule has 5 nitrogen and oxygen atoms in total. The summed E-state index contributed by atoms with van der Waals surface area (Å²) in [5.41, 5.74) is 5.29. The van der Waals surface area contributed by atoms with Gasteiger partial charge in [0, 0.05) is 28.1 Å². The lowest BCUT2D eigenvalue weighted by atomic mass is 9.64. The minimum Gasteiger partial charge on any atom is -0.369 e. The van der Waals surface area contributed by atoms with Crippen LogP contribution in [0.1, 0.15) is 36.2 Å². The first-order valence-electron chi connectivity index (χ1n) is 6.67. The van der Waals surface area contributed by atoms with E-state index in [0.717, 1.165) is 4.47 Å². The van der Waals surface area contributed by atoms with Crippen LogP contribution in [0.25, 0.3) is 0 Å². The van der Waals surface area contributed by atoms with Crippen LogP contribution >= 0.6 is 15.9 Å². The number of nitrogens with two attached hydrogens (primary N) is 1. The lowest BCUT2D eigenvalue weighted by Gasteiger charge is -2.39. The number of hydrogen-bond donors (Lipinski definition) is 1. The summed E-state index contributed by atoms with van der Waals surface area (Å²) in [5, 5.41) is 0. The Morgan fingerprint density at radius 3 is 2.57 bits per heavy atom. The minimum atomic E-state index is -1.09. The van der Waals surface area contributed by atoms with Crippen molar-refractivity contribution >= 4 is 33.6 Å². The highest BCUT2D eigenvalue weighted by Gasteiger charge is 2.56. The molecule has 0 bridgehead atoms. The standard InChI is InChI=1S/C15H16BrN3O2/c1-14(2)7-15(12(21)19(3)13(17)18-15)10-6-8(16)4-5-9(10)11(14)20/h4-6H,7H2,1-3H3,(H2,17,18). The molecule has 110 valence electrons. The molecule has 0 saturated carbocycles. The van der Waals surface area contributed by atoms with Crippen LogP contribution in [-0.4, -0.2) is 29.6 Å². The molecule has 1 amide bonds. The monoisotopic (exact) mass is 349 g/mol. The van der Waals surface area contributed by atoms with Crippen molar-refractivity contribution in [2.24, 2.45) is 16.1 Å². The van der Waals surface area contributed by atoms with E-state index in [4.69, 9.17) is 5.73 Å². The summed E-state index contributed by atoms with van der Waals surface area (Å²) in [6, 6.07) is 5.36. The van der Waals surface area contributed by atoms with Gasteiger partial charge in [-0.25, -0.2) is 4.99 Å². The Morgan fingerprint density at radius 1 is 1.33 bits per heavy atom. The first-order chi connectivity index (χ1) is 9.69. The summed E-state index contributed by atoms with van der Waals surface area (Å²) in [5.74, 6) is 0.0442. The number of nitrogens with zero attached hydrogens (tertiary/aromatic N) is 2. The van der Waals surface area contributed by atoms with Crippen LogP contribution in [0.5, 0.6) is 0 Å². The van der Waals surface area contributed by atoms with E-state index >= 15 is 0 Å². The zero-order chi connectivity index (χ0) is 15.6. The Kier molecular flexibility index (Phi) is 2.82. The molecule has 0 fully saturated rings. The lowest BCUT2D eigenvalue weighted by molar-refractivity contribution is -0.131. The number of guanidine groups is 1. The van der Waals surface area contributed by atoms with Gasteiger partial charge in [-0.2, -0.15) is 0 Å². The molecule has 6 heteroatoms. The Hall–Kier alpha value is -1.69. The molecule has 2 aliphatic rings. The predicted molar refractivity (Wildman–Crippen MR) is 82.9 cm³/mol. The maximum Gasteiger partial charge on any atom is 0.261 e. The first-order valence-corrected chi connectivity index (χ1v) is 7.47. The molecule has 1 heterocycles. The van der Waals surface area contributed by atoms with Gasteiger partial charge in [0.25, 0.3) is 5.91 Å². The second-order valence-electron chi connectivity index (χ2n) is 6.27. The molecule has 0 saturated heterocycles. The summed E-state index contributed by atoms with van der Waals surface area (Å²) in [6.45, 7) is 3.69. The highest BCUT2D eigenvalue weighted by atomic mass is 79.9. The number of hydrogen-bond acceptors (Lipinski definition) is 4. The molecule has 1 unspecified atom stereocenters. The fraction of sp³-hybridized carbons (Fsp3) is 0.400. The quantitative estimate of drug-likeness (QED) is 0.778. The van der Waals surface area contributed by atoms with Crippen molar-refractivity contribution in [2.75, 3.05) is 7.05 Å². The van der Waals surface area contributed by atoms with Gasteiger partial charge in [-0.1, -0.05) is 29.8 Å². The Labute approximate surface area is 131 Å². The molecular formula is C15H16BrN3O2. The molecule has 1 aromatic rings. The lowest BCUT2D eigenvalue weighted by Crippen LogP contribution is -2.48. The van der Waals surface area contributed by atoms with E-state index < -0.39 is 11.0 Å². The molecule has 2 N–H and O–H groups in total. The van der Waals surface area contributed by atoms with Gasteiger partial charge in [-0.05, 0) is 24.6 Å². The van der Waals surface area contributed by atoms with Gasteiger partial charge in [0.05, 0.1) is 0 Å². The van der Waals surface area contributed by atoms with Crippen molar-refractivity contribution in [3.05, 3.63) is 33.8 Å². The average Bonchev–Trinajstić information content (AvgIpc) is 2.61. The van der Waals surface area contributed by atoms with Crippen molar-refractivity contribution in [3.63, 3.8) is 0 Å². The summed E-state index contributed by atoms with van der Waals surface area (Å²) in [4.78, 5) is 31.2. The first kappa shape index (κ1) is 14.3. The number of carbonyl (C=O) groups excluding carboxylic acids is 2. The van der Waals surface area contributed by atoms with Crippen molar-refractivity contribution < 1.29 is 9.59 Å². The fourth-order valence-electron chi connectivity index (χ4n) is 3.23. The van der Waals surface area contributed by atoms with E-state index in [2.05, 4.69) is 20.9 Å². The van der Waals surface area contributed by atoms with Crippen molar-refractivity contribution in [2.45, 2.75) is 25.8 Å². The number of halogens is 1. The van der Waals surface area contributed by atoms with Crippen LogP contribution in [0.15, 0.2) is 27.7 Å². The zero-order valence-corrected chi connectivity index (χ0v) is 13.7. The van der Waals surface area contributed by atoms with Gasteiger partial charge >= 0.3 is 0 Å². The summed E-state index contributed by atoms with van der Waals surface area (Å²) in [7, 11) is 1.61. The van der Waals surface area contributed by atoms with Crippen molar-refractivity contribution in [1.82, 2.24) is 4.90 Å². The molecular weight excluding hydrogens is 334 g/mol. The van der Waals surface area contributed by atoms with E-state index in [1.807, 2.05) is 19.9 Å². The fourth-order valence-corrected chi connectivity index (χ4v) is 3.59. The van der Waals surface area contributed by atoms with Gasteiger partial charge in [0.1, 0.15) is 0 Å². The van der Waals surface area contributed by atoms with Crippen LogP contribution in [-0.2, 0) is 10.3 Å². The highest BCUT2D eigenvalue weighted by molar-refractivity contribution is 9.10. The van der Waals surface area contributed by atoms with Gasteiger partial charge in [0.2, 0.25) is 0 Å². The van der Waals surface area contributed by atoms with Crippen molar-refractivity contribution in [1.29, 1.82) is 0 Å². The molecule has 3 rings (SSSR count). The topological polar surface area (TPSA) is 75.8 Å². The van der Waals surface area contributed by atoms with Gasteiger partial charge < -0.3 is 5.73 Å². The number of benzene rings is 1. The number of amides is 1. The number of fused-ring (bicyclic) bond motifs is 2. The Morgan fingerprint density at radius 2 is 2.00 bits per heavy atom. The maximum atomic E-state index is 12.8. The molecule has 1 atom stereocenters. The van der Waals surface area contributed by atoms with Crippen LogP contribution in [0.2, 0.25) is 0 Å². The summed E-state index contributed by atoms with van der Waals surface area (Å²) < 4.78 is 0.809. The van der Waals surface area contributed by atoms with E-state index in [1.54, 1.807) is 19.2 Å². The maximum absolute atomic E-state index is 12.8. The van der Waals surface area contributed by atoms with E-state index in [-0.39, 0.29) is 17.6 Å². The average molecular weight is 350 g/mol. The molecule has 1 spiro atoms.